The predicted octanol–water partition coefficient (Wildman–Crippen LogP) is 2.60. The summed E-state index contributed by atoms with van der Waals surface area (Å²) in [5.41, 5.74) is 0.698. The fourth-order valence-corrected chi connectivity index (χ4v) is 0.939. The Balaban J connectivity index is 2.63. The molecule has 3 heteroatoms. The molecule has 72 valence electrons. The third kappa shape index (κ3) is 2.93. The Hall–Kier alpha value is -1.25. The lowest BCUT2D eigenvalue weighted by Gasteiger charge is -2.08. The summed E-state index contributed by atoms with van der Waals surface area (Å²) >= 11 is 0. The fourth-order valence-electron chi connectivity index (χ4n) is 0.939. The molecular weight excluding hydrogens is 169 g/mol. The predicted molar refractivity (Wildman–Crippen MR) is 51.4 cm³/mol. The number of benzene rings is 1. The van der Waals surface area contributed by atoms with Crippen LogP contribution in [0.25, 0.3) is 0 Å². The fraction of sp³-hybridized carbons (Fsp3) is 0.400. The minimum absolute atomic E-state index is 0.310. The van der Waals surface area contributed by atoms with E-state index in [1.807, 2.05) is 0 Å². The van der Waals surface area contributed by atoms with Gasteiger partial charge in [0.05, 0.1) is 0 Å². The Kier molecular flexibility index (Phi) is 3.12. The van der Waals surface area contributed by atoms with E-state index in [1.54, 1.807) is 6.07 Å². The molecule has 0 unspecified atom stereocenters. The number of rotatable bonds is 3. The lowest BCUT2D eigenvalue weighted by molar-refractivity contribution is 0.432. The third-order valence-electron chi connectivity index (χ3n) is 1.66. The molecule has 0 amide bonds. The van der Waals surface area contributed by atoms with Gasteiger partial charge in [-0.3, -0.25) is 0 Å². The maximum absolute atomic E-state index is 12.8. The van der Waals surface area contributed by atoms with Crippen molar-refractivity contribution in [3.8, 4) is 5.75 Å². The van der Waals surface area contributed by atoms with Crippen molar-refractivity contribution in [2.75, 3.05) is 11.9 Å². The summed E-state index contributed by atoms with van der Waals surface area (Å²) in [6.07, 6.45) is 0. The van der Waals surface area contributed by atoms with Crippen molar-refractivity contribution < 1.29 is 9.50 Å². The van der Waals surface area contributed by atoms with Gasteiger partial charge in [-0.05, 0) is 18.1 Å². The van der Waals surface area contributed by atoms with Gasteiger partial charge in [0, 0.05) is 18.3 Å². The molecule has 0 saturated carbocycles. The molecule has 2 nitrogen and oxygen atoms in total. The highest BCUT2D eigenvalue weighted by atomic mass is 19.1. The van der Waals surface area contributed by atoms with E-state index in [1.165, 1.54) is 12.1 Å². The summed E-state index contributed by atoms with van der Waals surface area (Å²) in [6.45, 7) is 4.94. The zero-order valence-electron chi connectivity index (χ0n) is 7.84. The molecule has 0 fully saturated rings. The number of aromatic hydroxyl groups is 1. The molecule has 1 rings (SSSR count). The van der Waals surface area contributed by atoms with Gasteiger partial charge in [0.15, 0.2) is 11.6 Å². The molecule has 0 spiro atoms. The molecule has 0 aliphatic carbocycles. The molecule has 0 saturated heterocycles. The van der Waals surface area contributed by atoms with Crippen molar-refractivity contribution in [3.63, 3.8) is 0 Å². The van der Waals surface area contributed by atoms with E-state index in [0.717, 1.165) is 6.54 Å². The standard InChI is InChI=1S/C10H14FNO/c1-7(2)6-12-8-3-4-10(13)9(11)5-8/h3-5,7,12-13H,6H2,1-2H3. The van der Waals surface area contributed by atoms with Crippen LogP contribution in [0.4, 0.5) is 10.1 Å². The molecule has 1 aromatic rings. The maximum atomic E-state index is 12.8. The largest absolute Gasteiger partial charge is 0.505 e. The first kappa shape index (κ1) is 9.84. The summed E-state index contributed by atoms with van der Waals surface area (Å²) in [7, 11) is 0. The van der Waals surface area contributed by atoms with Crippen LogP contribution in [0.15, 0.2) is 18.2 Å². The van der Waals surface area contributed by atoms with Crippen molar-refractivity contribution >= 4 is 5.69 Å². The minimum Gasteiger partial charge on any atom is -0.505 e. The highest BCUT2D eigenvalue weighted by Crippen LogP contribution is 2.19. The molecule has 0 bridgehead atoms. The van der Waals surface area contributed by atoms with Crippen LogP contribution in [-0.2, 0) is 0 Å². The maximum Gasteiger partial charge on any atom is 0.166 e. The summed E-state index contributed by atoms with van der Waals surface area (Å²) in [5.74, 6) is -0.388. The normalized spacial score (nSPS) is 10.5. The first-order valence-electron chi connectivity index (χ1n) is 4.32. The van der Waals surface area contributed by atoms with Crippen molar-refractivity contribution in [1.82, 2.24) is 0 Å². The topological polar surface area (TPSA) is 32.3 Å². The molecule has 2 N–H and O–H groups in total. The Labute approximate surface area is 77.4 Å². The van der Waals surface area contributed by atoms with Gasteiger partial charge < -0.3 is 10.4 Å². The van der Waals surface area contributed by atoms with Gasteiger partial charge in [-0.15, -0.1) is 0 Å². The average Bonchev–Trinajstić information content (AvgIpc) is 2.07. The number of anilines is 1. The van der Waals surface area contributed by atoms with Gasteiger partial charge in [0.25, 0.3) is 0 Å². The van der Waals surface area contributed by atoms with Gasteiger partial charge in [-0.1, -0.05) is 13.8 Å². The van der Waals surface area contributed by atoms with Gasteiger partial charge in [0.2, 0.25) is 0 Å². The Bertz CT molecular complexity index is 286. The Morgan fingerprint density at radius 3 is 2.69 bits per heavy atom. The van der Waals surface area contributed by atoms with E-state index < -0.39 is 5.82 Å². The summed E-state index contributed by atoms with van der Waals surface area (Å²) in [4.78, 5) is 0. The van der Waals surface area contributed by atoms with E-state index in [0.29, 0.717) is 11.6 Å². The SMILES string of the molecule is CC(C)CNc1ccc(O)c(F)c1. The van der Waals surface area contributed by atoms with Crippen molar-refractivity contribution in [2.45, 2.75) is 13.8 Å². The van der Waals surface area contributed by atoms with Crippen LogP contribution in [0, 0.1) is 11.7 Å². The molecule has 0 aromatic heterocycles. The third-order valence-corrected chi connectivity index (χ3v) is 1.66. The zero-order chi connectivity index (χ0) is 9.84. The monoisotopic (exact) mass is 183 g/mol. The van der Waals surface area contributed by atoms with Crippen LogP contribution < -0.4 is 5.32 Å². The number of halogens is 1. The second kappa shape index (κ2) is 4.12. The van der Waals surface area contributed by atoms with Gasteiger partial charge in [0.1, 0.15) is 0 Å². The Morgan fingerprint density at radius 1 is 1.46 bits per heavy atom. The van der Waals surface area contributed by atoms with E-state index in [4.69, 9.17) is 5.11 Å². The quantitative estimate of drug-likeness (QED) is 0.706. The highest BCUT2D eigenvalue weighted by Gasteiger charge is 2.01. The van der Waals surface area contributed by atoms with Crippen molar-refractivity contribution in [1.29, 1.82) is 0 Å². The first-order valence-corrected chi connectivity index (χ1v) is 4.32. The average molecular weight is 183 g/mol. The van der Waals surface area contributed by atoms with Crippen LogP contribution in [0.1, 0.15) is 13.8 Å². The number of hydrogen-bond acceptors (Lipinski definition) is 2. The van der Waals surface area contributed by atoms with E-state index in [2.05, 4.69) is 19.2 Å². The molecule has 0 aliphatic heterocycles. The second-order valence-corrected chi connectivity index (χ2v) is 3.44. The lowest BCUT2D eigenvalue weighted by Crippen LogP contribution is -2.07. The number of phenolic OH excluding ortho intramolecular Hbond substituents is 1. The molecule has 0 heterocycles. The van der Waals surface area contributed by atoms with Gasteiger partial charge in [-0.25, -0.2) is 4.39 Å². The molecule has 1 aromatic carbocycles. The molecule has 0 atom stereocenters. The molecule has 0 aliphatic rings. The number of hydrogen-bond donors (Lipinski definition) is 2. The summed E-state index contributed by atoms with van der Waals surface area (Å²) < 4.78 is 12.8. The molecule has 0 radical (unpaired) electrons. The second-order valence-electron chi connectivity index (χ2n) is 3.44. The lowest BCUT2D eigenvalue weighted by atomic mass is 10.2. The van der Waals surface area contributed by atoms with Crippen molar-refractivity contribution in [3.05, 3.63) is 24.0 Å². The summed E-state index contributed by atoms with van der Waals surface area (Å²) in [6, 6.07) is 4.29. The van der Waals surface area contributed by atoms with Gasteiger partial charge >= 0.3 is 0 Å². The highest BCUT2D eigenvalue weighted by molar-refractivity contribution is 5.46. The summed E-state index contributed by atoms with van der Waals surface area (Å²) in [5, 5.41) is 12.0. The van der Waals surface area contributed by atoms with Crippen molar-refractivity contribution in [2.24, 2.45) is 5.92 Å². The minimum atomic E-state index is -0.589. The number of nitrogens with one attached hydrogen (secondary N) is 1. The zero-order valence-corrected chi connectivity index (χ0v) is 7.84. The smallest absolute Gasteiger partial charge is 0.166 e. The van der Waals surface area contributed by atoms with Crippen LogP contribution in [-0.4, -0.2) is 11.7 Å². The van der Waals surface area contributed by atoms with Crippen LogP contribution in [0.2, 0.25) is 0 Å². The van der Waals surface area contributed by atoms with Crippen LogP contribution in [0.3, 0.4) is 0 Å². The molecule has 13 heavy (non-hydrogen) atoms. The van der Waals surface area contributed by atoms with E-state index in [-0.39, 0.29) is 5.75 Å². The first-order chi connectivity index (χ1) is 6.09. The van der Waals surface area contributed by atoms with E-state index >= 15 is 0 Å². The Morgan fingerprint density at radius 2 is 2.15 bits per heavy atom. The van der Waals surface area contributed by atoms with E-state index in [9.17, 15) is 4.39 Å². The van der Waals surface area contributed by atoms with Crippen LogP contribution >= 0.6 is 0 Å². The van der Waals surface area contributed by atoms with Crippen LogP contribution in [0.5, 0.6) is 5.75 Å². The molecular formula is C10H14FNO. The number of phenols is 1. The van der Waals surface area contributed by atoms with Gasteiger partial charge in [-0.2, -0.15) is 0 Å².